The molecule has 0 saturated carbocycles. The van der Waals surface area contributed by atoms with E-state index in [2.05, 4.69) is 26.3 Å². The van der Waals surface area contributed by atoms with Gasteiger partial charge in [0.15, 0.2) is 0 Å². The SMILES string of the molecule is COCC1CCC(C2=C3C=NC=C[N+]3(NCc3ccc(OC)cc3OC)C(Br)=N2)CN1C(=O)O. The average molecular weight is 535 g/mol. The molecule has 3 unspecified atom stereocenters. The Morgan fingerprint density at radius 3 is 2.82 bits per heavy atom. The van der Waals surface area contributed by atoms with E-state index in [1.807, 2.05) is 24.4 Å². The molecule has 1 aromatic carbocycles. The Hall–Kier alpha value is -2.73. The zero-order valence-corrected chi connectivity index (χ0v) is 21.0. The zero-order chi connectivity index (χ0) is 24.3. The number of allylic oxidation sites excluding steroid dienone is 1. The molecule has 0 radical (unpaired) electrons. The van der Waals surface area contributed by atoms with Gasteiger partial charge in [-0.2, -0.15) is 4.99 Å². The van der Waals surface area contributed by atoms with Crippen molar-refractivity contribution in [2.24, 2.45) is 15.9 Å². The number of fused-ring (bicyclic) bond motifs is 1. The van der Waals surface area contributed by atoms with Crippen LogP contribution in [0.1, 0.15) is 18.4 Å². The number of ether oxygens (including phenoxy) is 3. The van der Waals surface area contributed by atoms with Crippen molar-refractivity contribution in [3.63, 3.8) is 0 Å². The topological polar surface area (TPSA) is 105 Å². The first-order valence-corrected chi connectivity index (χ1v) is 11.8. The van der Waals surface area contributed by atoms with E-state index in [1.165, 1.54) is 4.90 Å². The lowest BCUT2D eigenvalue weighted by atomic mass is 9.90. The van der Waals surface area contributed by atoms with E-state index in [-0.39, 0.29) is 16.6 Å². The number of benzene rings is 1. The van der Waals surface area contributed by atoms with Crippen LogP contribution in [0.15, 0.2) is 52.0 Å². The highest BCUT2D eigenvalue weighted by Crippen LogP contribution is 2.39. The van der Waals surface area contributed by atoms with E-state index in [0.717, 1.165) is 29.1 Å². The number of nitrogens with zero attached hydrogens (tertiary/aromatic N) is 4. The van der Waals surface area contributed by atoms with Crippen LogP contribution in [0.5, 0.6) is 11.5 Å². The van der Waals surface area contributed by atoms with E-state index >= 15 is 0 Å². The first-order valence-electron chi connectivity index (χ1n) is 11.0. The molecule has 2 N–H and O–H groups in total. The normalized spacial score (nSPS) is 25.9. The van der Waals surface area contributed by atoms with Gasteiger partial charge in [-0.25, -0.2) is 4.79 Å². The average Bonchev–Trinajstić information content (AvgIpc) is 3.15. The predicted octanol–water partition coefficient (Wildman–Crippen LogP) is 3.46. The number of carbonyl (C=O) groups is 1. The van der Waals surface area contributed by atoms with Gasteiger partial charge >= 0.3 is 10.8 Å². The lowest BCUT2D eigenvalue weighted by Crippen LogP contribution is -2.54. The van der Waals surface area contributed by atoms with E-state index < -0.39 is 6.09 Å². The minimum Gasteiger partial charge on any atom is -0.497 e. The van der Waals surface area contributed by atoms with Crippen LogP contribution in [0.4, 0.5) is 4.79 Å². The third kappa shape index (κ3) is 4.48. The fraction of sp³-hybridized carbons (Fsp3) is 0.435. The number of amidine groups is 1. The van der Waals surface area contributed by atoms with Crippen LogP contribution in [0, 0.1) is 5.92 Å². The minimum absolute atomic E-state index is 0.0537. The Bertz CT molecular complexity index is 1070. The molecule has 0 bridgehead atoms. The Balaban J connectivity index is 1.61. The molecular formula is C23H29BrN5O5+. The highest BCUT2D eigenvalue weighted by Gasteiger charge is 2.48. The van der Waals surface area contributed by atoms with E-state index in [9.17, 15) is 9.90 Å². The molecule has 3 atom stereocenters. The maximum absolute atomic E-state index is 11.9. The Kier molecular flexibility index (Phi) is 7.36. The largest absolute Gasteiger partial charge is 0.497 e. The summed E-state index contributed by atoms with van der Waals surface area (Å²) in [5.41, 5.74) is 6.21. The summed E-state index contributed by atoms with van der Waals surface area (Å²) in [5.74, 6) is 1.38. The number of piperidine rings is 1. The molecule has 4 rings (SSSR count). The number of carboxylic acid groups (broad SMARTS) is 1. The minimum atomic E-state index is -0.943. The van der Waals surface area contributed by atoms with E-state index in [1.54, 1.807) is 33.7 Å². The fourth-order valence-corrected chi connectivity index (χ4v) is 5.25. The van der Waals surface area contributed by atoms with Crippen molar-refractivity contribution in [2.75, 3.05) is 34.5 Å². The summed E-state index contributed by atoms with van der Waals surface area (Å²) in [6.45, 7) is 1.22. The summed E-state index contributed by atoms with van der Waals surface area (Å²) in [6, 6.07) is 5.54. The highest BCUT2D eigenvalue weighted by atomic mass is 79.9. The number of methoxy groups -OCH3 is 3. The number of hydrogen-bond donors (Lipinski definition) is 2. The lowest BCUT2D eigenvalue weighted by Gasteiger charge is -2.37. The molecule has 0 aliphatic carbocycles. The second kappa shape index (κ2) is 10.3. The number of rotatable bonds is 8. The van der Waals surface area contributed by atoms with Crippen molar-refractivity contribution in [1.82, 2.24) is 10.3 Å². The van der Waals surface area contributed by atoms with Gasteiger partial charge in [0.25, 0.3) is 0 Å². The maximum atomic E-state index is 11.9. The smallest absolute Gasteiger partial charge is 0.407 e. The monoisotopic (exact) mass is 534 g/mol. The summed E-state index contributed by atoms with van der Waals surface area (Å²) in [7, 11) is 4.84. The third-order valence-corrected chi connectivity index (χ3v) is 7.17. The summed E-state index contributed by atoms with van der Waals surface area (Å²) < 4.78 is 16.9. The molecule has 1 saturated heterocycles. The predicted molar refractivity (Wildman–Crippen MR) is 131 cm³/mol. The number of hydrogen-bond acceptors (Lipinski definition) is 7. The Morgan fingerprint density at radius 1 is 1.29 bits per heavy atom. The van der Waals surface area contributed by atoms with Gasteiger partial charge < -0.3 is 24.2 Å². The van der Waals surface area contributed by atoms with Crippen molar-refractivity contribution >= 4 is 33.0 Å². The number of aliphatic imine (C=N–C) groups is 2. The van der Waals surface area contributed by atoms with Crippen LogP contribution in [-0.4, -0.2) is 72.2 Å². The van der Waals surface area contributed by atoms with Crippen LogP contribution in [0.25, 0.3) is 0 Å². The number of quaternary nitrogens is 1. The molecule has 1 aromatic rings. The van der Waals surface area contributed by atoms with Crippen molar-refractivity contribution in [3.05, 3.63) is 47.6 Å². The summed E-state index contributed by atoms with van der Waals surface area (Å²) in [5, 5.41) is 9.76. The van der Waals surface area contributed by atoms with Crippen LogP contribution in [-0.2, 0) is 11.3 Å². The van der Waals surface area contributed by atoms with Gasteiger partial charge in [-0.3, -0.25) is 4.99 Å². The molecule has 0 spiro atoms. The zero-order valence-electron chi connectivity index (χ0n) is 19.4. The standard InChI is InChI=1S/C23H28BrN5O5/c1-32-14-17-6-4-16(13-28(17)23(30)31)21-19-12-25-8-9-29(19,22(24)27-21)26-11-15-5-7-18(33-2)10-20(15)34-3/h5,7-10,12,16-17,26H,4,6,11,13-14H2,1-3H3/p+1. The number of halogens is 1. The number of amides is 1. The summed E-state index contributed by atoms with van der Waals surface area (Å²) >= 11 is 3.66. The molecule has 3 aliphatic heterocycles. The van der Waals surface area contributed by atoms with E-state index in [4.69, 9.17) is 19.2 Å². The molecule has 34 heavy (non-hydrogen) atoms. The maximum Gasteiger partial charge on any atom is 0.407 e. The molecule has 10 nitrogen and oxygen atoms in total. The van der Waals surface area contributed by atoms with Crippen molar-refractivity contribution in [1.29, 1.82) is 0 Å². The van der Waals surface area contributed by atoms with Gasteiger partial charge in [-0.15, -0.1) is 10.0 Å². The Morgan fingerprint density at radius 2 is 2.12 bits per heavy atom. The third-order valence-electron chi connectivity index (χ3n) is 6.43. The van der Waals surface area contributed by atoms with Gasteiger partial charge in [-0.05, 0) is 18.9 Å². The molecular weight excluding hydrogens is 506 g/mol. The van der Waals surface area contributed by atoms with Gasteiger partial charge in [0.1, 0.15) is 23.4 Å². The van der Waals surface area contributed by atoms with Crippen molar-refractivity contribution in [3.8, 4) is 11.5 Å². The van der Waals surface area contributed by atoms with Gasteiger partial charge in [0.05, 0.1) is 45.8 Å². The first kappa shape index (κ1) is 24.4. The lowest BCUT2D eigenvalue weighted by molar-refractivity contribution is -0.787. The quantitative estimate of drug-likeness (QED) is 0.390. The second-order valence-electron chi connectivity index (χ2n) is 8.28. The van der Waals surface area contributed by atoms with Crippen LogP contribution >= 0.6 is 15.9 Å². The van der Waals surface area contributed by atoms with Gasteiger partial charge in [0, 0.05) is 47.1 Å². The number of nitrogens with one attached hydrogen (secondary N) is 1. The summed E-state index contributed by atoms with van der Waals surface area (Å²) in [6.07, 6.45) is 6.00. The molecule has 11 heteroatoms. The second-order valence-corrected chi connectivity index (χ2v) is 8.99. The first-order chi connectivity index (χ1) is 16.4. The van der Waals surface area contributed by atoms with E-state index in [0.29, 0.717) is 36.6 Å². The van der Waals surface area contributed by atoms with Crippen LogP contribution in [0.3, 0.4) is 0 Å². The van der Waals surface area contributed by atoms with Gasteiger partial charge in [0.2, 0.25) is 5.70 Å². The van der Waals surface area contributed by atoms with Crippen molar-refractivity contribution in [2.45, 2.75) is 25.4 Å². The van der Waals surface area contributed by atoms with Crippen molar-refractivity contribution < 1.29 is 28.7 Å². The molecule has 1 fully saturated rings. The number of likely N-dealkylation sites (tertiary alicyclic amines) is 1. The fourth-order valence-electron chi connectivity index (χ4n) is 4.63. The summed E-state index contributed by atoms with van der Waals surface area (Å²) in [4.78, 5) is 22.6. The molecule has 1 amide bonds. The Labute approximate surface area is 206 Å². The highest BCUT2D eigenvalue weighted by molar-refractivity contribution is 9.18. The molecule has 3 aliphatic rings. The van der Waals surface area contributed by atoms with Gasteiger partial charge in [-0.1, -0.05) is 6.07 Å². The van der Waals surface area contributed by atoms with Crippen LogP contribution < -0.4 is 14.9 Å². The molecule has 0 aromatic heterocycles. The van der Waals surface area contributed by atoms with Crippen LogP contribution in [0.2, 0.25) is 0 Å². The molecule has 182 valence electrons. The molecule has 3 heterocycles.